The highest BCUT2D eigenvalue weighted by Crippen LogP contribution is 2.33. The molecule has 1 heterocycles. The maximum atomic E-state index is 12.7. The lowest BCUT2D eigenvalue weighted by Crippen LogP contribution is -2.36. The van der Waals surface area contributed by atoms with Crippen LogP contribution < -0.4 is 0 Å². The van der Waals surface area contributed by atoms with Crippen LogP contribution in [0.3, 0.4) is 0 Å². The molecule has 0 saturated carbocycles. The van der Waals surface area contributed by atoms with Crippen molar-refractivity contribution in [3.63, 3.8) is 0 Å². The highest BCUT2D eigenvalue weighted by Gasteiger charge is 2.35. The molecule has 0 aromatic heterocycles. The Labute approximate surface area is 139 Å². The highest BCUT2D eigenvalue weighted by molar-refractivity contribution is 7.90. The Hall–Kier alpha value is -2.18. The molecule has 1 aliphatic rings. The topological polar surface area (TPSA) is 66.8 Å². The van der Waals surface area contributed by atoms with E-state index in [1.807, 2.05) is 0 Å². The molecule has 5 nitrogen and oxygen atoms in total. The summed E-state index contributed by atoms with van der Waals surface area (Å²) in [7, 11) is -3.84. The maximum absolute atomic E-state index is 12.7. The van der Waals surface area contributed by atoms with Crippen molar-refractivity contribution < 1.29 is 13.2 Å². The maximum Gasteiger partial charge on any atom is 0.285 e. The molecule has 0 fully saturated rings. The number of amides is 1. The van der Waals surface area contributed by atoms with Gasteiger partial charge in [-0.2, -0.15) is 8.42 Å². The second-order valence-corrected chi connectivity index (χ2v) is 6.90. The summed E-state index contributed by atoms with van der Waals surface area (Å²) < 4.78 is 28.2. The summed E-state index contributed by atoms with van der Waals surface area (Å²) in [6.07, 6.45) is 0. The summed E-state index contributed by atoms with van der Waals surface area (Å²) in [5.41, 5.74) is 0.732. The van der Waals surface area contributed by atoms with Gasteiger partial charge in [0.15, 0.2) is 5.84 Å². The first-order chi connectivity index (χ1) is 11.0. The zero-order chi connectivity index (χ0) is 16.6. The number of hydrogen-bond donors (Lipinski definition) is 0. The predicted octanol–water partition coefficient (Wildman–Crippen LogP) is 2.95. The Balaban J connectivity index is 2.13. The van der Waals surface area contributed by atoms with Crippen molar-refractivity contribution in [1.82, 2.24) is 4.90 Å². The quantitative estimate of drug-likeness (QED) is 0.838. The number of amidine groups is 1. The van der Waals surface area contributed by atoms with Crippen LogP contribution in [0.1, 0.15) is 22.8 Å². The standard InChI is InChI=1S/C16H13ClN2O3S/c1-2-19(16(20)11-7-4-3-5-8-11)15-14-12(17)9-6-10-13(14)23(21,22)18-15/h3-10H,2H2,1H3. The van der Waals surface area contributed by atoms with Crippen molar-refractivity contribution in [2.24, 2.45) is 4.40 Å². The van der Waals surface area contributed by atoms with E-state index in [2.05, 4.69) is 4.40 Å². The molecular weight excluding hydrogens is 336 g/mol. The monoisotopic (exact) mass is 348 g/mol. The molecule has 0 spiro atoms. The lowest BCUT2D eigenvalue weighted by Gasteiger charge is -2.21. The number of fused-ring (bicyclic) bond motifs is 1. The summed E-state index contributed by atoms with van der Waals surface area (Å²) in [5.74, 6) is -0.253. The van der Waals surface area contributed by atoms with E-state index in [9.17, 15) is 13.2 Å². The Bertz CT molecular complexity index is 908. The molecule has 0 atom stereocenters. The Morgan fingerprint density at radius 3 is 2.48 bits per heavy atom. The number of hydrogen-bond acceptors (Lipinski definition) is 3. The molecule has 1 amide bonds. The summed E-state index contributed by atoms with van der Waals surface area (Å²) in [4.78, 5) is 14.1. The Kier molecular flexibility index (Phi) is 3.95. The van der Waals surface area contributed by atoms with Gasteiger partial charge in [0, 0.05) is 12.1 Å². The first-order valence-electron chi connectivity index (χ1n) is 6.96. The second-order valence-electron chi connectivity index (χ2n) is 4.92. The number of carbonyl (C=O) groups excluding carboxylic acids is 1. The number of halogens is 1. The lowest BCUT2D eigenvalue weighted by atomic mass is 10.1. The number of benzene rings is 2. The minimum atomic E-state index is -3.84. The van der Waals surface area contributed by atoms with Crippen LogP contribution in [-0.4, -0.2) is 31.6 Å². The first-order valence-corrected chi connectivity index (χ1v) is 8.78. The smallest absolute Gasteiger partial charge is 0.285 e. The fraction of sp³-hybridized carbons (Fsp3) is 0.125. The van der Waals surface area contributed by atoms with E-state index in [0.29, 0.717) is 5.56 Å². The molecule has 7 heteroatoms. The third-order valence-electron chi connectivity index (χ3n) is 3.52. The molecule has 0 aliphatic carbocycles. The predicted molar refractivity (Wildman–Crippen MR) is 88.3 cm³/mol. The molecule has 0 unspecified atom stereocenters. The molecule has 23 heavy (non-hydrogen) atoms. The normalized spacial score (nSPS) is 15.0. The average molecular weight is 349 g/mol. The van der Waals surface area contributed by atoms with Gasteiger partial charge in [-0.3, -0.25) is 9.69 Å². The van der Waals surface area contributed by atoms with Gasteiger partial charge in [0.25, 0.3) is 15.9 Å². The van der Waals surface area contributed by atoms with Crippen molar-refractivity contribution in [2.75, 3.05) is 6.54 Å². The van der Waals surface area contributed by atoms with E-state index >= 15 is 0 Å². The van der Waals surface area contributed by atoms with E-state index in [4.69, 9.17) is 11.6 Å². The Morgan fingerprint density at radius 1 is 1.13 bits per heavy atom. The van der Waals surface area contributed by atoms with Gasteiger partial charge < -0.3 is 0 Å². The molecule has 2 aromatic rings. The molecule has 2 aromatic carbocycles. The van der Waals surface area contributed by atoms with Crippen molar-refractivity contribution in [2.45, 2.75) is 11.8 Å². The third-order valence-corrected chi connectivity index (χ3v) is 5.15. The van der Waals surface area contributed by atoms with Gasteiger partial charge in [-0.25, -0.2) is 0 Å². The lowest BCUT2D eigenvalue weighted by molar-refractivity contribution is 0.0853. The molecule has 0 saturated heterocycles. The first kappa shape index (κ1) is 15.7. The molecule has 3 rings (SSSR count). The van der Waals surface area contributed by atoms with E-state index in [-0.39, 0.29) is 33.8 Å². The second kappa shape index (κ2) is 5.79. The fourth-order valence-corrected chi connectivity index (χ4v) is 4.00. The van der Waals surface area contributed by atoms with Crippen molar-refractivity contribution in [3.8, 4) is 0 Å². The van der Waals surface area contributed by atoms with Gasteiger partial charge in [-0.05, 0) is 31.2 Å². The molecule has 0 bridgehead atoms. The molecule has 0 N–H and O–H groups in total. The van der Waals surface area contributed by atoms with Crippen molar-refractivity contribution in [1.29, 1.82) is 0 Å². The number of sulfonamides is 1. The SMILES string of the molecule is CCN(C(=O)c1ccccc1)C1=NS(=O)(=O)c2cccc(Cl)c21. The van der Waals surface area contributed by atoms with E-state index in [0.717, 1.165) is 0 Å². The van der Waals surface area contributed by atoms with Crippen LogP contribution in [-0.2, 0) is 10.0 Å². The zero-order valence-electron chi connectivity index (χ0n) is 12.2. The summed E-state index contributed by atoms with van der Waals surface area (Å²) in [5, 5.41) is 0.252. The number of nitrogens with zero attached hydrogens (tertiary/aromatic N) is 2. The molecule has 0 radical (unpaired) electrons. The summed E-state index contributed by atoms with van der Waals surface area (Å²) in [6, 6.07) is 13.2. The van der Waals surface area contributed by atoms with Crippen LogP contribution >= 0.6 is 11.6 Å². The van der Waals surface area contributed by atoms with Crippen LogP contribution in [0.25, 0.3) is 0 Å². The summed E-state index contributed by atoms with van der Waals surface area (Å²) in [6.45, 7) is 2.03. The van der Waals surface area contributed by atoms with E-state index < -0.39 is 10.0 Å². The van der Waals surface area contributed by atoms with Gasteiger partial charge in [-0.1, -0.05) is 35.9 Å². The Morgan fingerprint density at radius 2 is 1.83 bits per heavy atom. The van der Waals surface area contributed by atoms with Gasteiger partial charge in [-0.15, -0.1) is 4.40 Å². The minimum absolute atomic E-state index is 0.0271. The van der Waals surface area contributed by atoms with Crippen LogP contribution in [0.15, 0.2) is 57.8 Å². The van der Waals surface area contributed by atoms with Gasteiger partial charge in [0.2, 0.25) is 0 Å². The van der Waals surface area contributed by atoms with Crippen molar-refractivity contribution in [3.05, 3.63) is 64.7 Å². The summed E-state index contributed by atoms with van der Waals surface area (Å²) >= 11 is 6.16. The van der Waals surface area contributed by atoms with Crippen LogP contribution in [0.2, 0.25) is 5.02 Å². The molecule has 118 valence electrons. The van der Waals surface area contributed by atoms with Gasteiger partial charge in [0.05, 0.1) is 10.6 Å². The fourth-order valence-electron chi connectivity index (χ4n) is 2.46. The molecular formula is C16H13ClN2O3S. The van der Waals surface area contributed by atoms with Gasteiger partial charge >= 0.3 is 0 Å². The van der Waals surface area contributed by atoms with Crippen LogP contribution in [0, 0.1) is 0 Å². The van der Waals surface area contributed by atoms with Crippen LogP contribution in [0.5, 0.6) is 0 Å². The zero-order valence-corrected chi connectivity index (χ0v) is 13.8. The number of rotatable bonds is 2. The van der Waals surface area contributed by atoms with E-state index in [1.165, 1.54) is 11.0 Å². The molecule has 1 aliphatic heterocycles. The van der Waals surface area contributed by atoms with Gasteiger partial charge in [0.1, 0.15) is 4.90 Å². The minimum Gasteiger partial charge on any atom is -0.292 e. The third kappa shape index (κ3) is 2.64. The largest absolute Gasteiger partial charge is 0.292 e. The number of carbonyl (C=O) groups is 1. The highest BCUT2D eigenvalue weighted by atomic mass is 35.5. The van der Waals surface area contributed by atoms with Crippen molar-refractivity contribution >= 4 is 33.4 Å². The van der Waals surface area contributed by atoms with Crippen LogP contribution in [0.4, 0.5) is 0 Å². The van der Waals surface area contributed by atoms with E-state index in [1.54, 1.807) is 49.4 Å². The average Bonchev–Trinajstić information content (AvgIpc) is 2.82.